The van der Waals surface area contributed by atoms with Crippen LogP contribution in [0.1, 0.15) is 106 Å². The van der Waals surface area contributed by atoms with Gasteiger partial charge >= 0.3 is 0 Å². The highest BCUT2D eigenvalue weighted by atomic mass is 16.6. The van der Waals surface area contributed by atoms with Gasteiger partial charge in [0.1, 0.15) is 11.5 Å². The molecule has 0 aliphatic rings. The average molecular weight is 654 g/mol. The molecule has 2 N–H and O–H groups in total. The molecule has 1 heterocycles. The van der Waals surface area contributed by atoms with E-state index >= 15 is 0 Å². The van der Waals surface area contributed by atoms with Gasteiger partial charge in [0.2, 0.25) is 0 Å². The standard InChI is InChI=1S/C41H55N3O4/c1-6-7-8-9-10-11-12-13-14-15-16-24-48-38(46)23-25-47-37-22-19-33(45)28-36(37)41-43-39(34-20-17-29(2)26-31(34)4)42-40(44-41)35-21-18-30(3)27-32(35)5/h17-22,26-28,38,45-46H,6-16,23-25H2,1-5H3. The number of rotatable bonds is 20. The Labute approximate surface area is 287 Å². The molecule has 7 nitrogen and oxygen atoms in total. The predicted molar refractivity (Wildman–Crippen MR) is 195 cm³/mol. The minimum Gasteiger partial charge on any atom is -0.508 e. The Morgan fingerprint density at radius 2 is 1.08 bits per heavy atom. The maximum Gasteiger partial charge on any atom is 0.167 e. The van der Waals surface area contributed by atoms with Gasteiger partial charge < -0.3 is 19.7 Å². The van der Waals surface area contributed by atoms with Gasteiger partial charge in [-0.1, -0.05) is 119 Å². The molecule has 48 heavy (non-hydrogen) atoms. The van der Waals surface area contributed by atoms with Gasteiger partial charge in [0.05, 0.1) is 12.2 Å². The smallest absolute Gasteiger partial charge is 0.167 e. The molecule has 258 valence electrons. The highest BCUT2D eigenvalue weighted by Gasteiger charge is 2.18. The van der Waals surface area contributed by atoms with Gasteiger partial charge in [0, 0.05) is 24.2 Å². The normalized spacial score (nSPS) is 12.0. The molecular weight excluding hydrogens is 598 g/mol. The Morgan fingerprint density at radius 1 is 0.583 bits per heavy atom. The van der Waals surface area contributed by atoms with Gasteiger partial charge in [-0.15, -0.1) is 0 Å². The van der Waals surface area contributed by atoms with E-state index in [0.717, 1.165) is 46.2 Å². The molecule has 0 bridgehead atoms. The Bertz CT molecular complexity index is 1520. The number of hydrogen-bond donors (Lipinski definition) is 2. The van der Waals surface area contributed by atoms with E-state index in [2.05, 4.69) is 58.9 Å². The summed E-state index contributed by atoms with van der Waals surface area (Å²) in [6, 6.07) is 17.3. The first kappa shape index (κ1) is 37.0. The van der Waals surface area contributed by atoms with Crippen molar-refractivity contribution in [2.24, 2.45) is 0 Å². The number of ether oxygens (including phenoxy) is 2. The van der Waals surface area contributed by atoms with Crippen LogP contribution in [0.2, 0.25) is 0 Å². The van der Waals surface area contributed by atoms with Crippen LogP contribution >= 0.6 is 0 Å². The van der Waals surface area contributed by atoms with Crippen molar-refractivity contribution in [3.63, 3.8) is 0 Å². The Balaban J connectivity index is 1.38. The van der Waals surface area contributed by atoms with Crippen LogP contribution in [-0.2, 0) is 4.74 Å². The van der Waals surface area contributed by atoms with Crippen LogP contribution in [0.15, 0.2) is 54.6 Å². The number of unbranched alkanes of at least 4 members (excludes halogenated alkanes) is 10. The number of nitrogens with zero attached hydrogens (tertiary/aromatic N) is 3. The number of aromatic hydroxyl groups is 1. The lowest BCUT2D eigenvalue weighted by atomic mass is 10.0. The van der Waals surface area contributed by atoms with Crippen LogP contribution in [0.25, 0.3) is 34.2 Å². The number of aliphatic hydroxyl groups excluding tert-OH is 1. The Hall–Kier alpha value is -3.81. The Kier molecular flexibility index (Phi) is 14.8. The number of aryl methyl sites for hydroxylation is 4. The molecule has 0 amide bonds. The topological polar surface area (TPSA) is 97.6 Å². The van der Waals surface area contributed by atoms with Crippen LogP contribution in [0.4, 0.5) is 0 Å². The summed E-state index contributed by atoms with van der Waals surface area (Å²) in [5, 5.41) is 20.9. The van der Waals surface area contributed by atoms with Crippen LogP contribution in [0, 0.1) is 27.7 Å². The highest BCUT2D eigenvalue weighted by molar-refractivity contribution is 5.72. The summed E-state index contributed by atoms with van der Waals surface area (Å²) in [6.07, 6.45) is 13.4. The Morgan fingerprint density at radius 3 is 1.60 bits per heavy atom. The molecule has 3 aromatic carbocycles. The van der Waals surface area contributed by atoms with Gasteiger partial charge in [-0.3, -0.25) is 0 Å². The zero-order valence-corrected chi connectivity index (χ0v) is 29.7. The van der Waals surface area contributed by atoms with E-state index in [9.17, 15) is 10.2 Å². The van der Waals surface area contributed by atoms with Crippen molar-refractivity contribution in [3.8, 4) is 45.7 Å². The second-order valence-electron chi connectivity index (χ2n) is 13.1. The lowest BCUT2D eigenvalue weighted by molar-refractivity contribution is -0.108. The first-order valence-electron chi connectivity index (χ1n) is 17.9. The van der Waals surface area contributed by atoms with Crippen molar-refractivity contribution < 1.29 is 19.7 Å². The first-order chi connectivity index (χ1) is 23.2. The quantitative estimate of drug-likeness (QED) is 0.0723. The largest absolute Gasteiger partial charge is 0.508 e. The molecule has 0 fully saturated rings. The van der Waals surface area contributed by atoms with E-state index in [1.54, 1.807) is 18.2 Å². The van der Waals surface area contributed by atoms with Crippen molar-refractivity contribution in [3.05, 3.63) is 76.9 Å². The summed E-state index contributed by atoms with van der Waals surface area (Å²) in [7, 11) is 0. The molecule has 0 aliphatic heterocycles. The van der Waals surface area contributed by atoms with Crippen molar-refractivity contribution in [2.45, 2.75) is 118 Å². The minimum atomic E-state index is -0.905. The molecule has 4 rings (SSSR count). The average Bonchev–Trinajstić information content (AvgIpc) is 3.05. The van der Waals surface area contributed by atoms with Crippen LogP contribution in [-0.4, -0.2) is 44.7 Å². The van der Waals surface area contributed by atoms with Crippen molar-refractivity contribution in [1.29, 1.82) is 0 Å². The number of benzene rings is 3. The zero-order valence-electron chi connectivity index (χ0n) is 29.7. The summed E-state index contributed by atoms with van der Waals surface area (Å²) in [6.45, 7) is 11.3. The number of aromatic nitrogens is 3. The van der Waals surface area contributed by atoms with Crippen molar-refractivity contribution in [2.75, 3.05) is 13.2 Å². The molecule has 0 aliphatic carbocycles. The lowest BCUT2D eigenvalue weighted by Crippen LogP contribution is -2.16. The zero-order chi connectivity index (χ0) is 34.3. The number of phenols is 1. The van der Waals surface area contributed by atoms with E-state index < -0.39 is 6.29 Å². The fourth-order valence-corrected chi connectivity index (χ4v) is 6.02. The lowest BCUT2D eigenvalue weighted by Gasteiger charge is -2.16. The summed E-state index contributed by atoms with van der Waals surface area (Å²) in [4.78, 5) is 14.7. The minimum absolute atomic E-state index is 0.0780. The van der Waals surface area contributed by atoms with Gasteiger partial charge in [-0.05, 0) is 63.4 Å². The molecule has 0 radical (unpaired) electrons. The van der Waals surface area contributed by atoms with E-state index in [4.69, 9.17) is 24.4 Å². The molecule has 1 unspecified atom stereocenters. The highest BCUT2D eigenvalue weighted by Crippen LogP contribution is 2.34. The van der Waals surface area contributed by atoms with E-state index in [1.165, 1.54) is 57.8 Å². The van der Waals surface area contributed by atoms with Gasteiger partial charge in [0.15, 0.2) is 23.8 Å². The van der Waals surface area contributed by atoms with Crippen molar-refractivity contribution >= 4 is 0 Å². The molecule has 0 saturated carbocycles. The van der Waals surface area contributed by atoms with Crippen LogP contribution in [0.5, 0.6) is 11.5 Å². The first-order valence-corrected chi connectivity index (χ1v) is 17.9. The molecular formula is C41H55N3O4. The SMILES string of the molecule is CCCCCCCCCCCCCOC(O)CCOc1ccc(O)cc1-c1nc(-c2ccc(C)cc2C)nc(-c2ccc(C)cc2C)n1. The predicted octanol–water partition coefficient (Wildman–Crippen LogP) is 10.2. The second-order valence-corrected chi connectivity index (χ2v) is 13.1. The monoisotopic (exact) mass is 653 g/mol. The third-order valence-electron chi connectivity index (χ3n) is 8.77. The summed E-state index contributed by atoms with van der Waals surface area (Å²) in [5.41, 5.74) is 6.82. The molecule has 4 aromatic rings. The fraction of sp³-hybridized carbons (Fsp3) is 0.488. The molecule has 0 saturated heterocycles. The molecule has 0 spiro atoms. The van der Waals surface area contributed by atoms with Crippen LogP contribution in [0.3, 0.4) is 0 Å². The van der Waals surface area contributed by atoms with Gasteiger partial charge in [-0.2, -0.15) is 0 Å². The molecule has 1 atom stereocenters. The second kappa shape index (κ2) is 19.3. The van der Waals surface area contributed by atoms with Crippen molar-refractivity contribution in [1.82, 2.24) is 15.0 Å². The summed E-state index contributed by atoms with van der Waals surface area (Å²) >= 11 is 0. The number of phenolic OH excluding ortho intramolecular Hbond substituents is 1. The fourth-order valence-electron chi connectivity index (χ4n) is 6.02. The summed E-state index contributed by atoms with van der Waals surface area (Å²) < 4.78 is 11.8. The van der Waals surface area contributed by atoms with Gasteiger partial charge in [0.25, 0.3) is 0 Å². The maximum atomic E-state index is 10.5. The van der Waals surface area contributed by atoms with E-state index in [1.807, 2.05) is 12.1 Å². The molecule has 1 aromatic heterocycles. The van der Waals surface area contributed by atoms with E-state index in [0.29, 0.717) is 41.8 Å². The summed E-state index contributed by atoms with van der Waals surface area (Å²) in [5.74, 6) is 2.08. The third-order valence-corrected chi connectivity index (χ3v) is 8.77. The third kappa shape index (κ3) is 11.4. The van der Waals surface area contributed by atoms with Crippen LogP contribution < -0.4 is 4.74 Å². The maximum absolute atomic E-state index is 10.5. The number of aliphatic hydroxyl groups is 1. The van der Waals surface area contributed by atoms with Gasteiger partial charge in [-0.25, -0.2) is 15.0 Å². The molecule has 7 heteroatoms. The van der Waals surface area contributed by atoms with E-state index in [-0.39, 0.29) is 12.4 Å². The number of hydrogen-bond acceptors (Lipinski definition) is 7.